The summed E-state index contributed by atoms with van der Waals surface area (Å²) in [6, 6.07) is 12.6. The molecule has 220 valence electrons. The number of allylic oxidation sites excluding steroid dienone is 4. The molecule has 0 aliphatic heterocycles. The minimum absolute atomic E-state index is 0.133. The van der Waals surface area contributed by atoms with Crippen molar-refractivity contribution in [2.45, 2.75) is 51.4 Å². The minimum atomic E-state index is -0.344. The lowest BCUT2D eigenvalue weighted by Gasteiger charge is -2.31. The highest BCUT2D eigenvalue weighted by molar-refractivity contribution is 6.39. The van der Waals surface area contributed by atoms with Crippen molar-refractivity contribution in [3.8, 4) is 0 Å². The number of amides is 1. The Morgan fingerprint density at radius 2 is 1.86 bits per heavy atom. The number of imidazole rings is 1. The average Bonchev–Trinajstić information content (AvgIpc) is 3.36. The number of aryl methyl sites for hydroxylation is 1. The maximum atomic E-state index is 12.8. The fourth-order valence-corrected chi connectivity index (χ4v) is 6.07. The number of fused-ring (bicyclic) bond motifs is 1. The van der Waals surface area contributed by atoms with E-state index in [0.29, 0.717) is 19.6 Å². The molecular weight excluding hydrogens is 579 g/mol. The smallest absolute Gasteiger partial charge is 0.254 e. The molecule has 1 unspecified atom stereocenters. The Balaban J connectivity index is 1.39. The van der Waals surface area contributed by atoms with Crippen molar-refractivity contribution in [2.24, 2.45) is 0 Å². The van der Waals surface area contributed by atoms with Crippen LogP contribution in [0.25, 0.3) is 5.57 Å². The largest absolute Gasteiger partial charge is 0.348 e. The summed E-state index contributed by atoms with van der Waals surface area (Å²) >= 11 is 12.4. The Labute approximate surface area is 262 Å². The zero-order valence-corrected chi connectivity index (χ0v) is 25.4. The zero-order valence-electron chi connectivity index (χ0n) is 23.9. The average molecular weight is 614 g/mol. The van der Waals surface area contributed by atoms with Crippen molar-refractivity contribution in [3.63, 3.8) is 0 Å². The van der Waals surface area contributed by atoms with Crippen LogP contribution in [-0.2, 0) is 26.1 Å². The lowest BCUT2D eigenvalue weighted by Crippen LogP contribution is -2.29. The number of hydrogen-bond acceptors (Lipinski definition) is 5. The maximum absolute atomic E-state index is 12.8. The summed E-state index contributed by atoms with van der Waals surface area (Å²) in [5.74, 6) is 0.520. The van der Waals surface area contributed by atoms with Gasteiger partial charge in [0.25, 0.3) is 5.91 Å². The Kier molecular flexibility index (Phi) is 10.2. The first-order valence-corrected chi connectivity index (χ1v) is 15.0. The number of pyridine rings is 2. The summed E-state index contributed by atoms with van der Waals surface area (Å²) < 4.78 is 0. The second kappa shape index (κ2) is 14.4. The number of benzene rings is 1. The van der Waals surface area contributed by atoms with E-state index in [-0.39, 0.29) is 27.6 Å². The normalized spacial score (nSPS) is 15.0. The Hall–Kier alpha value is -4.04. The number of hydrogen-bond donors (Lipinski definition) is 2. The summed E-state index contributed by atoms with van der Waals surface area (Å²) in [5.41, 5.74) is 6.60. The van der Waals surface area contributed by atoms with Gasteiger partial charge in [-0.15, -0.1) is 0 Å². The quantitative estimate of drug-likeness (QED) is 0.134. The summed E-state index contributed by atoms with van der Waals surface area (Å²) in [5, 5.41) is 3.37. The van der Waals surface area contributed by atoms with Gasteiger partial charge in [-0.25, -0.2) is 4.98 Å². The van der Waals surface area contributed by atoms with Crippen LogP contribution in [0.1, 0.15) is 69.6 Å². The van der Waals surface area contributed by atoms with Crippen LogP contribution in [0, 0.1) is 0 Å². The van der Waals surface area contributed by atoms with Crippen LogP contribution >= 0.6 is 23.2 Å². The van der Waals surface area contributed by atoms with E-state index in [0.717, 1.165) is 59.6 Å². The molecule has 2 N–H and O–H groups in total. The molecule has 0 saturated heterocycles. The predicted octanol–water partition coefficient (Wildman–Crippen LogP) is 7.66. The van der Waals surface area contributed by atoms with E-state index in [1.54, 1.807) is 12.2 Å². The molecular formula is C34H34Cl2N6O. The van der Waals surface area contributed by atoms with Gasteiger partial charge in [-0.1, -0.05) is 91.3 Å². The highest BCUT2D eigenvalue weighted by Gasteiger charge is 2.27. The van der Waals surface area contributed by atoms with Crippen LogP contribution in [-0.4, -0.2) is 30.7 Å². The van der Waals surface area contributed by atoms with E-state index in [2.05, 4.69) is 51.5 Å². The number of halogens is 2. The molecule has 0 spiro atoms. The molecule has 43 heavy (non-hydrogen) atoms. The highest BCUT2D eigenvalue weighted by Crippen LogP contribution is 2.34. The van der Waals surface area contributed by atoms with Gasteiger partial charge in [-0.05, 0) is 47.6 Å². The number of aromatic nitrogens is 4. The van der Waals surface area contributed by atoms with Crippen LogP contribution in [0.2, 0.25) is 10.0 Å². The zero-order chi connectivity index (χ0) is 30.2. The van der Waals surface area contributed by atoms with E-state index in [9.17, 15) is 4.79 Å². The third-order valence-electron chi connectivity index (χ3n) is 7.58. The van der Waals surface area contributed by atoms with Crippen molar-refractivity contribution in [3.05, 3.63) is 142 Å². The molecule has 1 aliphatic carbocycles. The van der Waals surface area contributed by atoms with Gasteiger partial charge in [0.1, 0.15) is 5.82 Å². The molecule has 3 heterocycles. The highest BCUT2D eigenvalue weighted by atomic mass is 35.5. The second-order valence-electron chi connectivity index (χ2n) is 10.5. The number of carbonyl (C=O) groups excluding carboxylic acids is 1. The maximum Gasteiger partial charge on any atom is 0.254 e. The molecule has 7 nitrogen and oxygen atoms in total. The van der Waals surface area contributed by atoms with Gasteiger partial charge in [-0.2, -0.15) is 0 Å². The molecule has 1 amide bonds. The lowest BCUT2D eigenvalue weighted by molar-refractivity contribution is 0.0951. The third-order valence-corrected chi connectivity index (χ3v) is 8.15. The lowest BCUT2D eigenvalue weighted by atomic mass is 10.0. The predicted molar refractivity (Wildman–Crippen MR) is 173 cm³/mol. The van der Waals surface area contributed by atoms with Crippen LogP contribution < -0.4 is 5.32 Å². The van der Waals surface area contributed by atoms with Crippen molar-refractivity contribution in [1.82, 2.24) is 30.2 Å². The van der Waals surface area contributed by atoms with Crippen LogP contribution in [0.3, 0.4) is 0 Å². The molecule has 0 fully saturated rings. The Morgan fingerprint density at radius 1 is 1.05 bits per heavy atom. The first-order chi connectivity index (χ1) is 21.0. The monoisotopic (exact) mass is 612 g/mol. The molecule has 1 aromatic carbocycles. The van der Waals surface area contributed by atoms with Gasteiger partial charge < -0.3 is 10.3 Å². The van der Waals surface area contributed by atoms with Crippen molar-refractivity contribution in [2.75, 3.05) is 0 Å². The van der Waals surface area contributed by atoms with Crippen LogP contribution in [0.15, 0.2) is 92.6 Å². The van der Waals surface area contributed by atoms with Crippen LogP contribution in [0.5, 0.6) is 0 Å². The Morgan fingerprint density at radius 3 is 2.65 bits per heavy atom. The van der Waals surface area contributed by atoms with Crippen molar-refractivity contribution in [1.29, 1.82) is 0 Å². The van der Waals surface area contributed by atoms with Crippen molar-refractivity contribution < 1.29 is 4.79 Å². The van der Waals surface area contributed by atoms with E-state index >= 15 is 0 Å². The summed E-state index contributed by atoms with van der Waals surface area (Å²) in [6.07, 6.45) is 16.3. The van der Waals surface area contributed by atoms with E-state index in [1.165, 1.54) is 18.0 Å². The number of carbonyl (C=O) groups is 1. The first-order valence-electron chi connectivity index (χ1n) is 14.3. The van der Waals surface area contributed by atoms with E-state index in [4.69, 9.17) is 33.2 Å². The van der Waals surface area contributed by atoms with Crippen LogP contribution in [0.4, 0.5) is 0 Å². The number of nitrogens with one attached hydrogen (secondary N) is 2. The summed E-state index contributed by atoms with van der Waals surface area (Å²) in [4.78, 5) is 32.3. The molecule has 0 bridgehead atoms. The fourth-order valence-electron chi connectivity index (χ4n) is 5.53. The molecule has 9 heteroatoms. The molecule has 5 rings (SSSR count). The summed E-state index contributed by atoms with van der Waals surface area (Å²) in [6.45, 7) is 9.35. The molecule has 1 aliphatic rings. The Bertz CT molecular complexity index is 1630. The molecule has 4 aromatic rings. The van der Waals surface area contributed by atoms with E-state index in [1.807, 2.05) is 36.7 Å². The van der Waals surface area contributed by atoms with Crippen molar-refractivity contribution >= 4 is 34.7 Å². The van der Waals surface area contributed by atoms with Gasteiger partial charge in [0.15, 0.2) is 0 Å². The van der Waals surface area contributed by atoms with Gasteiger partial charge in [0, 0.05) is 31.7 Å². The van der Waals surface area contributed by atoms with E-state index < -0.39 is 0 Å². The first kappa shape index (κ1) is 30.4. The second-order valence-corrected chi connectivity index (χ2v) is 11.3. The van der Waals surface area contributed by atoms with Gasteiger partial charge >= 0.3 is 0 Å². The van der Waals surface area contributed by atoms with Gasteiger partial charge in [-0.3, -0.25) is 19.7 Å². The standard InChI is InChI=1S/C34H34Cl2N6O/c1-3-9-25(4-2)29-20-39-31(41-29)22-42(30-14-6-5-12-26-13-8-15-38-33(26)30)21-24-11-7-10-23(16-24)17-40-34(43)32-27(35)18-37-19-28(32)36/h3-4,7-11,13,15-16,18-20,30H,1-2,5-6,12,14,17,21-22H2,(H,39,41)(H,40,43)/b25-9+. The summed E-state index contributed by atoms with van der Waals surface area (Å²) in [7, 11) is 0. The topological polar surface area (TPSA) is 86.8 Å². The fraction of sp³-hybridized carbons (Fsp3) is 0.235. The number of rotatable bonds is 11. The SMILES string of the molecule is C=C/C=C(\C=C)c1cnc(CN(Cc2cccc(CNC(=O)c3c(Cl)cncc3Cl)c2)C2CCCCc3cccnc32)[nH]1. The number of nitrogens with zero attached hydrogens (tertiary/aromatic N) is 4. The van der Waals surface area contributed by atoms with Gasteiger partial charge in [0.2, 0.25) is 0 Å². The third kappa shape index (κ3) is 7.49. The number of H-pyrrole nitrogens is 1. The number of aromatic amines is 1. The molecule has 0 saturated carbocycles. The molecule has 0 radical (unpaired) electrons. The molecule has 1 atom stereocenters. The van der Waals surface area contributed by atoms with Gasteiger partial charge in [0.05, 0.1) is 45.8 Å². The molecule has 3 aromatic heterocycles. The minimum Gasteiger partial charge on any atom is -0.348 e.